The van der Waals surface area contributed by atoms with Crippen molar-refractivity contribution in [2.24, 2.45) is 0 Å². The number of nitrogens with one attached hydrogen (secondary N) is 1. The molecule has 0 amide bonds. The summed E-state index contributed by atoms with van der Waals surface area (Å²) in [6, 6.07) is 12.3. The average Bonchev–Trinajstić information content (AvgIpc) is 3.83. The minimum absolute atomic E-state index is 0.0388. The molecule has 0 bridgehead atoms. The number of aromatic amines is 1. The first kappa shape index (κ1) is 61.9. The van der Waals surface area contributed by atoms with E-state index in [1.54, 1.807) is 24.3 Å². The molecule has 0 saturated heterocycles. The van der Waals surface area contributed by atoms with E-state index in [2.05, 4.69) is 23.1 Å². The van der Waals surface area contributed by atoms with Crippen molar-refractivity contribution < 1.29 is 64.7 Å². The Labute approximate surface area is 430 Å². The molecule has 0 radical (unpaired) electrons. The third kappa shape index (κ3) is 25.2. The van der Waals surface area contributed by atoms with Gasteiger partial charge in [-0.1, -0.05) is 185 Å². The van der Waals surface area contributed by atoms with Gasteiger partial charge < -0.3 is 19.3 Å². The number of ketones is 1. The number of carbonyl (C=O) groups is 2. The molecule has 0 aliphatic carbocycles. The molecule has 18 nitrogen and oxygen atoms in total. The second kappa shape index (κ2) is 33.4. The Hall–Kier alpha value is -3.63. The van der Waals surface area contributed by atoms with E-state index in [1.807, 2.05) is 0 Å². The molecule has 2 aromatic carbocycles. The van der Waals surface area contributed by atoms with Crippen molar-refractivity contribution in [1.82, 2.24) is 9.55 Å². The van der Waals surface area contributed by atoms with Gasteiger partial charge in [-0.15, -0.1) is 0 Å². The second-order valence-corrected chi connectivity index (χ2v) is 23.5. The van der Waals surface area contributed by atoms with Crippen molar-refractivity contribution in [3.63, 3.8) is 0 Å². The van der Waals surface area contributed by atoms with E-state index in [9.17, 15) is 42.7 Å². The highest BCUT2D eigenvalue weighted by Gasteiger charge is 2.44. The average molecular weight is 1080 g/mol. The molecular weight excluding hydrogens is 1000 g/mol. The number of hydrogen-bond donors (Lipinski definition) is 3. The van der Waals surface area contributed by atoms with Crippen molar-refractivity contribution in [2.75, 3.05) is 6.61 Å². The third-order valence-corrected chi connectivity index (χ3v) is 16.9. The maximum absolute atomic E-state index is 14.1. The number of ether oxygens (including phenoxy) is 2. The number of H-pyrrole nitrogens is 1. The van der Waals surface area contributed by atoms with E-state index in [0.717, 1.165) is 55.9 Å². The number of phosphoric acid groups is 3. The van der Waals surface area contributed by atoms with Crippen molar-refractivity contribution in [1.29, 1.82) is 0 Å². The lowest BCUT2D eigenvalue weighted by Crippen LogP contribution is -2.33. The topological polar surface area (TPSA) is 245 Å². The summed E-state index contributed by atoms with van der Waals surface area (Å²) in [6.45, 7) is 4.12. The predicted octanol–water partition coefficient (Wildman–Crippen LogP) is 13.6. The van der Waals surface area contributed by atoms with E-state index in [0.29, 0.717) is 29.5 Å². The summed E-state index contributed by atoms with van der Waals surface area (Å²) < 4.78 is 77.6. The van der Waals surface area contributed by atoms with E-state index in [4.69, 9.17) is 27.4 Å². The van der Waals surface area contributed by atoms with Crippen molar-refractivity contribution in [3.8, 4) is 5.75 Å². The lowest BCUT2D eigenvalue weighted by molar-refractivity contribution is -0.134. The number of nitrogens with zero attached hydrogens (tertiary/aromatic N) is 1. The summed E-state index contributed by atoms with van der Waals surface area (Å²) in [5, 5.41) is 0. The normalized spacial score (nSPS) is 17.0. The van der Waals surface area contributed by atoms with Crippen LogP contribution in [0.3, 0.4) is 0 Å². The second-order valence-electron chi connectivity index (χ2n) is 18.6. The van der Waals surface area contributed by atoms with Gasteiger partial charge in [-0.2, -0.15) is 8.62 Å². The Bertz CT molecular complexity index is 2410. The number of rotatable bonds is 40. The van der Waals surface area contributed by atoms with Crippen LogP contribution in [0.25, 0.3) is 0 Å². The smallest absolute Gasteiger partial charge is 0.427 e. The molecule has 3 N–H and O–H groups in total. The van der Waals surface area contributed by atoms with Crippen molar-refractivity contribution in [2.45, 2.75) is 200 Å². The van der Waals surface area contributed by atoms with Crippen molar-refractivity contribution >= 4 is 35.2 Å². The highest BCUT2D eigenvalue weighted by molar-refractivity contribution is 7.67. The number of benzene rings is 2. The maximum Gasteiger partial charge on any atom is 0.490 e. The molecule has 21 heteroatoms. The van der Waals surface area contributed by atoms with Gasteiger partial charge in [-0.3, -0.25) is 37.5 Å². The van der Waals surface area contributed by atoms with Gasteiger partial charge in [0.1, 0.15) is 11.9 Å². The predicted molar refractivity (Wildman–Crippen MR) is 279 cm³/mol. The maximum atomic E-state index is 14.1. The number of esters is 1. The minimum Gasteiger partial charge on any atom is -0.427 e. The van der Waals surface area contributed by atoms with Gasteiger partial charge in [0, 0.05) is 30.2 Å². The summed E-state index contributed by atoms with van der Waals surface area (Å²) in [6.07, 6.45) is 28.4. The first-order chi connectivity index (χ1) is 35.0. The van der Waals surface area contributed by atoms with Crippen LogP contribution in [0.5, 0.6) is 5.75 Å². The first-order valence-electron chi connectivity index (χ1n) is 26.2. The standard InChI is InChI=1S/C52H79N2O16P3/c1-4-6-8-10-12-13-14-15-16-17-18-19-21-23-25-27-50(56)68-46-34-30-44(31-35-46)40-66-73(63,65-39-43-28-32-45(33-29-43)48(55)26-24-22-20-11-9-7-5-2)70-72(61,62)69-71(59,60)64-41-47-36-37-49(67-47)54-38-42(3)51(57)53-52(54)58/h28-38,47,49H,4-27,39-41H2,1-3H3,(H,59,60)(H,61,62)(H,53,57,58). The van der Waals surface area contributed by atoms with Gasteiger partial charge >= 0.3 is 35.1 Å². The number of carbonyl (C=O) groups excluding carboxylic acids is 2. The lowest BCUT2D eigenvalue weighted by Gasteiger charge is -2.22. The van der Waals surface area contributed by atoms with Crippen LogP contribution in [-0.4, -0.2) is 43.8 Å². The van der Waals surface area contributed by atoms with Gasteiger partial charge in [0.05, 0.1) is 19.8 Å². The molecule has 408 valence electrons. The third-order valence-electron chi connectivity index (χ3n) is 12.2. The molecule has 1 aliphatic heterocycles. The molecule has 73 heavy (non-hydrogen) atoms. The number of aryl methyl sites for hydroxylation is 1. The Kier molecular flexibility index (Phi) is 28.3. The van der Waals surface area contributed by atoms with Crippen LogP contribution in [0, 0.1) is 6.92 Å². The van der Waals surface area contributed by atoms with E-state index < -0.39 is 66.9 Å². The summed E-state index contributed by atoms with van der Waals surface area (Å²) in [5.41, 5.74) is 0.0688. The molecule has 5 unspecified atom stereocenters. The molecule has 1 aliphatic rings. The molecule has 4 rings (SSSR count). The molecule has 0 saturated carbocycles. The first-order valence-corrected chi connectivity index (χ1v) is 30.6. The fourth-order valence-corrected chi connectivity index (χ4v) is 12.1. The highest BCUT2D eigenvalue weighted by atomic mass is 31.3. The summed E-state index contributed by atoms with van der Waals surface area (Å²) >= 11 is 0. The number of Topliss-reactive ketones (excluding diaryl/α,β-unsaturated/α-hetero) is 1. The Balaban J connectivity index is 1.27. The molecule has 1 aromatic heterocycles. The molecule has 0 fully saturated rings. The zero-order valence-corrected chi connectivity index (χ0v) is 45.7. The monoisotopic (exact) mass is 1080 g/mol. The fraction of sp³-hybridized carbons (Fsp3) is 0.615. The quantitative estimate of drug-likeness (QED) is 0.0120. The van der Waals surface area contributed by atoms with E-state index >= 15 is 0 Å². The van der Waals surface area contributed by atoms with E-state index in [1.165, 1.54) is 133 Å². The minimum atomic E-state index is -5.80. The summed E-state index contributed by atoms with van der Waals surface area (Å²) in [4.78, 5) is 72.7. The Morgan fingerprint density at radius 3 is 1.62 bits per heavy atom. The number of unbranched alkanes of at least 4 members (excludes halogenated alkanes) is 20. The zero-order valence-electron chi connectivity index (χ0n) is 43.0. The van der Waals surface area contributed by atoms with Crippen LogP contribution in [0.2, 0.25) is 0 Å². The SMILES string of the molecule is CCCCCCCCCCCCCCCCCC(=O)Oc1ccc(COP(=O)(OCc2ccc(C(=O)CCCCCCCCC)cc2)OP(=O)(O)OP(=O)(O)OCC2C=CC(n3cc(C)c(=O)[nH]c3=O)O2)cc1. The van der Waals surface area contributed by atoms with Crippen LogP contribution in [0.15, 0.2) is 76.5 Å². The molecular formula is C52H79N2O16P3. The Morgan fingerprint density at radius 2 is 1.10 bits per heavy atom. The lowest BCUT2D eigenvalue weighted by atomic mass is 10.0. The highest BCUT2D eigenvalue weighted by Crippen LogP contribution is 2.69. The van der Waals surface area contributed by atoms with Crippen LogP contribution in [-0.2, 0) is 58.6 Å². The van der Waals surface area contributed by atoms with Crippen LogP contribution in [0.4, 0.5) is 0 Å². The molecule has 0 spiro atoms. The molecule has 2 heterocycles. The number of hydrogen-bond acceptors (Lipinski definition) is 14. The van der Waals surface area contributed by atoms with Gasteiger partial charge in [0.2, 0.25) is 0 Å². The van der Waals surface area contributed by atoms with Crippen LogP contribution >= 0.6 is 23.5 Å². The Morgan fingerprint density at radius 1 is 0.616 bits per heavy atom. The van der Waals surface area contributed by atoms with Gasteiger partial charge in [-0.25, -0.2) is 18.5 Å². The number of aromatic nitrogens is 2. The van der Waals surface area contributed by atoms with Gasteiger partial charge in [0.15, 0.2) is 12.0 Å². The number of phosphoric ester groups is 2. The van der Waals surface area contributed by atoms with Crippen molar-refractivity contribution in [3.05, 3.63) is 110 Å². The summed E-state index contributed by atoms with van der Waals surface area (Å²) in [5.74, 6) is -0.160. The molecule has 3 aromatic rings. The zero-order chi connectivity index (χ0) is 53.0. The summed E-state index contributed by atoms with van der Waals surface area (Å²) in [7, 11) is -16.4. The van der Waals surface area contributed by atoms with Crippen LogP contribution < -0.4 is 16.0 Å². The van der Waals surface area contributed by atoms with Gasteiger partial charge in [-0.05, 0) is 49.1 Å². The van der Waals surface area contributed by atoms with E-state index in [-0.39, 0.29) is 29.5 Å². The molecule has 5 atom stereocenters. The van der Waals surface area contributed by atoms with Gasteiger partial charge in [0.25, 0.3) is 5.56 Å². The van der Waals surface area contributed by atoms with Crippen LogP contribution in [0.1, 0.15) is 201 Å². The largest absolute Gasteiger partial charge is 0.490 e. The fourth-order valence-electron chi connectivity index (χ4n) is 8.02.